The Hall–Kier alpha value is -3.48. The molecule has 0 bridgehead atoms. The molecule has 7 heteroatoms. The SMILES string of the molecule is O=C(Cc1ccccc1)NCCC(=O)Nc1ccccc1-n1cncn1. The molecule has 0 aliphatic rings. The van der Waals surface area contributed by atoms with Gasteiger partial charge in [0.05, 0.1) is 17.8 Å². The number of carbonyl (C=O) groups excluding carboxylic acids is 2. The molecule has 1 heterocycles. The number of hydrogen-bond acceptors (Lipinski definition) is 4. The molecule has 0 atom stereocenters. The van der Waals surface area contributed by atoms with Crippen LogP contribution in [0.5, 0.6) is 0 Å². The highest BCUT2D eigenvalue weighted by molar-refractivity contribution is 5.93. The summed E-state index contributed by atoms with van der Waals surface area (Å²) in [6.07, 6.45) is 3.49. The maximum absolute atomic E-state index is 12.2. The third kappa shape index (κ3) is 4.76. The highest BCUT2D eigenvalue weighted by Crippen LogP contribution is 2.18. The molecule has 2 N–H and O–H groups in total. The zero-order valence-electron chi connectivity index (χ0n) is 14.1. The first-order valence-corrected chi connectivity index (χ1v) is 8.27. The summed E-state index contributed by atoms with van der Waals surface area (Å²) >= 11 is 0. The quantitative estimate of drug-likeness (QED) is 0.682. The van der Waals surface area contributed by atoms with Gasteiger partial charge in [-0.2, -0.15) is 5.10 Å². The number of aromatic nitrogens is 3. The van der Waals surface area contributed by atoms with E-state index in [1.807, 2.05) is 48.5 Å². The second-order valence-corrected chi connectivity index (χ2v) is 5.67. The molecule has 7 nitrogen and oxygen atoms in total. The van der Waals surface area contributed by atoms with E-state index in [4.69, 9.17) is 0 Å². The normalized spacial score (nSPS) is 10.3. The van der Waals surface area contributed by atoms with E-state index in [9.17, 15) is 9.59 Å². The molecule has 0 spiro atoms. The van der Waals surface area contributed by atoms with E-state index in [2.05, 4.69) is 20.7 Å². The molecule has 0 radical (unpaired) electrons. The van der Waals surface area contributed by atoms with Crippen LogP contribution in [0.3, 0.4) is 0 Å². The molecule has 132 valence electrons. The number of benzene rings is 2. The lowest BCUT2D eigenvalue weighted by Crippen LogP contribution is -2.29. The molecule has 3 rings (SSSR count). The van der Waals surface area contributed by atoms with Crippen LogP contribution < -0.4 is 10.6 Å². The predicted octanol–water partition coefficient (Wildman–Crippen LogP) is 1.95. The van der Waals surface area contributed by atoms with Gasteiger partial charge in [0.25, 0.3) is 0 Å². The van der Waals surface area contributed by atoms with E-state index in [0.717, 1.165) is 11.3 Å². The summed E-state index contributed by atoms with van der Waals surface area (Å²) in [5, 5.41) is 9.68. The summed E-state index contributed by atoms with van der Waals surface area (Å²) < 4.78 is 1.58. The van der Waals surface area contributed by atoms with Crippen molar-refractivity contribution in [3.8, 4) is 5.69 Å². The smallest absolute Gasteiger partial charge is 0.226 e. The Bertz CT molecular complexity index is 863. The number of anilines is 1. The Balaban J connectivity index is 1.49. The first-order chi connectivity index (χ1) is 12.7. The third-order valence-electron chi connectivity index (χ3n) is 3.73. The van der Waals surface area contributed by atoms with Crippen LogP contribution in [-0.4, -0.2) is 33.1 Å². The molecule has 2 amide bonds. The molecule has 0 aliphatic carbocycles. The van der Waals surface area contributed by atoms with E-state index in [1.165, 1.54) is 6.33 Å². The molecule has 26 heavy (non-hydrogen) atoms. The number of nitrogens with zero attached hydrogens (tertiary/aromatic N) is 3. The van der Waals surface area contributed by atoms with E-state index in [1.54, 1.807) is 17.1 Å². The van der Waals surface area contributed by atoms with Gasteiger partial charge in [0, 0.05) is 13.0 Å². The summed E-state index contributed by atoms with van der Waals surface area (Å²) in [5.74, 6) is -0.287. The maximum Gasteiger partial charge on any atom is 0.226 e. The van der Waals surface area contributed by atoms with Crippen LogP contribution in [0.4, 0.5) is 5.69 Å². The lowest BCUT2D eigenvalue weighted by atomic mass is 10.1. The van der Waals surface area contributed by atoms with Gasteiger partial charge in [-0.15, -0.1) is 0 Å². The van der Waals surface area contributed by atoms with Crippen molar-refractivity contribution in [1.29, 1.82) is 0 Å². The molecule has 2 aromatic carbocycles. The van der Waals surface area contributed by atoms with Gasteiger partial charge in [0.2, 0.25) is 11.8 Å². The standard InChI is InChI=1S/C19H19N5O2/c25-18(10-11-21-19(26)12-15-6-2-1-3-7-15)23-16-8-4-5-9-17(16)24-14-20-13-22-24/h1-9,13-14H,10-12H2,(H,21,26)(H,23,25). The van der Waals surface area contributed by atoms with Gasteiger partial charge in [-0.05, 0) is 17.7 Å². The van der Waals surface area contributed by atoms with Crippen LogP contribution >= 0.6 is 0 Å². The largest absolute Gasteiger partial charge is 0.355 e. The topological polar surface area (TPSA) is 88.9 Å². The van der Waals surface area contributed by atoms with Crippen molar-refractivity contribution >= 4 is 17.5 Å². The van der Waals surface area contributed by atoms with Gasteiger partial charge in [-0.3, -0.25) is 9.59 Å². The number of amides is 2. The van der Waals surface area contributed by atoms with Crippen molar-refractivity contribution in [2.45, 2.75) is 12.8 Å². The molecule has 1 aromatic heterocycles. The van der Waals surface area contributed by atoms with Gasteiger partial charge in [-0.1, -0.05) is 42.5 Å². The number of para-hydroxylation sites is 2. The monoisotopic (exact) mass is 349 g/mol. The van der Waals surface area contributed by atoms with Gasteiger partial charge in [-0.25, -0.2) is 9.67 Å². The Labute approximate surface area is 151 Å². The summed E-state index contributed by atoms with van der Waals surface area (Å²) in [4.78, 5) is 28.0. The number of carbonyl (C=O) groups is 2. The lowest BCUT2D eigenvalue weighted by Gasteiger charge is -2.11. The number of nitrogens with one attached hydrogen (secondary N) is 2. The minimum absolute atomic E-state index is 0.105. The minimum Gasteiger partial charge on any atom is -0.355 e. The number of rotatable bonds is 7. The summed E-state index contributed by atoms with van der Waals surface area (Å²) in [6, 6.07) is 16.8. The van der Waals surface area contributed by atoms with Gasteiger partial charge >= 0.3 is 0 Å². The average molecular weight is 349 g/mol. The second kappa shape index (κ2) is 8.57. The highest BCUT2D eigenvalue weighted by atomic mass is 16.2. The fraction of sp³-hybridized carbons (Fsp3) is 0.158. The zero-order valence-corrected chi connectivity index (χ0v) is 14.1. The highest BCUT2D eigenvalue weighted by Gasteiger charge is 2.09. The van der Waals surface area contributed by atoms with Crippen molar-refractivity contribution in [3.63, 3.8) is 0 Å². The third-order valence-corrected chi connectivity index (χ3v) is 3.73. The molecule has 0 saturated carbocycles. The Morgan fingerprint density at radius 2 is 1.73 bits per heavy atom. The van der Waals surface area contributed by atoms with E-state index in [0.29, 0.717) is 12.1 Å². The Morgan fingerprint density at radius 3 is 2.50 bits per heavy atom. The van der Waals surface area contributed by atoms with Crippen molar-refractivity contribution in [1.82, 2.24) is 20.1 Å². The summed E-state index contributed by atoms with van der Waals surface area (Å²) in [7, 11) is 0. The van der Waals surface area contributed by atoms with Crippen LogP contribution in [0.15, 0.2) is 67.3 Å². The van der Waals surface area contributed by atoms with Crippen LogP contribution in [0, 0.1) is 0 Å². The fourth-order valence-electron chi connectivity index (χ4n) is 2.48. The van der Waals surface area contributed by atoms with E-state index in [-0.39, 0.29) is 24.8 Å². The molecular weight excluding hydrogens is 330 g/mol. The van der Waals surface area contributed by atoms with Crippen LogP contribution in [0.25, 0.3) is 5.69 Å². The maximum atomic E-state index is 12.2. The zero-order chi connectivity index (χ0) is 18.2. The fourth-order valence-corrected chi connectivity index (χ4v) is 2.48. The van der Waals surface area contributed by atoms with Gasteiger partial charge in [0.15, 0.2) is 0 Å². The Kier molecular flexibility index (Phi) is 5.72. The van der Waals surface area contributed by atoms with Crippen LogP contribution in [-0.2, 0) is 16.0 Å². The van der Waals surface area contributed by atoms with Crippen LogP contribution in [0.2, 0.25) is 0 Å². The molecule has 3 aromatic rings. The molecule has 0 fully saturated rings. The minimum atomic E-state index is -0.183. The van der Waals surface area contributed by atoms with Gasteiger partial charge < -0.3 is 10.6 Å². The van der Waals surface area contributed by atoms with Crippen molar-refractivity contribution < 1.29 is 9.59 Å². The van der Waals surface area contributed by atoms with Crippen molar-refractivity contribution in [2.75, 3.05) is 11.9 Å². The summed E-state index contributed by atoms with van der Waals surface area (Å²) in [5.41, 5.74) is 2.31. The van der Waals surface area contributed by atoms with Crippen molar-refractivity contribution in [2.24, 2.45) is 0 Å². The second-order valence-electron chi connectivity index (χ2n) is 5.67. The Morgan fingerprint density at radius 1 is 0.962 bits per heavy atom. The molecule has 0 unspecified atom stereocenters. The molecule has 0 aliphatic heterocycles. The number of hydrogen-bond donors (Lipinski definition) is 2. The first kappa shape index (κ1) is 17.3. The van der Waals surface area contributed by atoms with Gasteiger partial charge in [0.1, 0.15) is 12.7 Å². The van der Waals surface area contributed by atoms with E-state index >= 15 is 0 Å². The first-order valence-electron chi connectivity index (χ1n) is 8.27. The van der Waals surface area contributed by atoms with Crippen molar-refractivity contribution in [3.05, 3.63) is 72.8 Å². The van der Waals surface area contributed by atoms with E-state index < -0.39 is 0 Å². The lowest BCUT2D eigenvalue weighted by molar-refractivity contribution is -0.120. The summed E-state index contributed by atoms with van der Waals surface area (Å²) in [6.45, 7) is 0.281. The van der Waals surface area contributed by atoms with Crippen LogP contribution in [0.1, 0.15) is 12.0 Å². The molecule has 0 saturated heterocycles. The predicted molar refractivity (Wildman–Crippen MR) is 97.8 cm³/mol. The average Bonchev–Trinajstić information content (AvgIpc) is 3.17. The molecular formula is C19H19N5O2.